The molecule has 1 aliphatic rings. The third-order valence-electron chi connectivity index (χ3n) is 5.58. The molecule has 2 N–H and O–H groups in total. The Kier molecular flexibility index (Phi) is 4.54. The zero-order valence-corrected chi connectivity index (χ0v) is 17.1. The molecule has 4 aromatic rings. The number of aromatic nitrogens is 3. The number of oxime groups is 1. The zero-order chi connectivity index (χ0) is 21.5. The number of nitrogens with one attached hydrogen (secondary N) is 1. The quantitative estimate of drug-likeness (QED) is 0.371. The van der Waals surface area contributed by atoms with E-state index in [4.69, 9.17) is 9.72 Å². The van der Waals surface area contributed by atoms with Gasteiger partial charge in [-0.3, -0.25) is 9.38 Å². The molecule has 7 nitrogen and oxygen atoms in total. The van der Waals surface area contributed by atoms with Crippen LogP contribution in [0.15, 0.2) is 53.9 Å². The predicted octanol–water partition coefficient (Wildman–Crippen LogP) is 4.72. The van der Waals surface area contributed by atoms with Crippen LogP contribution in [0.25, 0.3) is 16.9 Å². The molecule has 1 aliphatic carbocycles. The number of nitrogens with zero attached hydrogens (tertiary/aromatic N) is 4. The number of imidazole rings is 1. The summed E-state index contributed by atoms with van der Waals surface area (Å²) in [7, 11) is 1.50. The molecule has 0 bridgehead atoms. The molecule has 8 heteroatoms. The van der Waals surface area contributed by atoms with E-state index in [1.54, 1.807) is 24.5 Å². The zero-order valence-electron chi connectivity index (χ0n) is 17.1. The van der Waals surface area contributed by atoms with Gasteiger partial charge in [0.05, 0.1) is 18.5 Å². The fourth-order valence-electron chi connectivity index (χ4n) is 4.01. The highest BCUT2D eigenvalue weighted by molar-refractivity contribution is 6.04. The Balaban J connectivity index is 1.65. The van der Waals surface area contributed by atoms with Crippen LogP contribution in [0.3, 0.4) is 0 Å². The van der Waals surface area contributed by atoms with Crippen molar-refractivity contribution >= 4 is 22.9 Å². The summed E-state index contributed by atoms with van der Waals surface area (Å²) < 4.78 is 21.9. The van der Waals surface area contributed by atoms with E-state index in [0.29, 0.717) is 40.6 Å². The Morgan fingerprint density at radius 2 is 2.00 bits per heavy atom. The molecule has 0 spiro atoms. The van der Waals surface area contributed by atoms with Gasteiger partial charge in [0.1, 0.15) is 23.1 Å². The Labute approximate surface area is 177 Å². The summed E-state index contributed by atoms with van der Waals surface area (Å²) >= 11 is 0. The van der Waals surface area contributed by atoms with Crippen molar-refractivity contribution in [2.75, 3.05) is 12.4 Å². The molecule has 0 saturated carbocycles. The second-order valence-corrected chi connectivity index (χ2v) is 7.40. The minimum Gasteiger partial charge on any atom is -0.497 e. The van der Waals surface area contributed by atoms with Crippen LogP contribution < -0.4 is 10.1 Å². The smallest absolute Gasteiger partial charge is 0.160 e. The van der Waals surface area contributed by atoms with Gasteiger partial charge in [-0.05, 0) is 49.6 Å². The van der Waals surface area contributed by atoms with Crippen LogP contribution in [-0.4, -0.2) is 32.4 Å². The summed E-state index contributed by atoms with van der Waals surface area (Å²) in [6, 6.07) is 10.6. The van der Waals surface area contributed by atoms with Gasteiger partial charge in [-0.25, -0.2) is 9.37 Å². The maximum Gasteiger partial charge on any atom is 0.160 e. The monoisotopic (exact) mass is 417 g/mol. The number of halogens is 1. The van der Waals surface area contributed by atoms with Crippen LogP contribution in [0, 0.1) is 12.7 Å². The van der Waals surface area contributed by atoms with Crippen molar-refractivity contribution in [2.45, 2.75) is 19.8 Å². The van der Waals surface area contributed by atoms with E-state index in [2.05, 4.69) is 15.5 Å². The van der Waals surface area contributed by atoms with Crippen LogP contribution in [-0.2, 0) is 6.42 Å². The Morgan fingerprint density at radius 3 is 2.77 bits per heavy atom. The van der Waals surface area contributed by atoms with Crippen molar-refractivity contribution in [2.24, 2.45) is 5.16 Å². The van der Waals surface area contributed by atoms with Crippen LogP contribution in [0.2, 0.25) is 0 Å². The number of ether oxygens (including phenoxy) is 1. The van der Waals surface area contributed by atoms with Crippen molar-refractivity contribution in [1.29, 1.82) is 0 Å². The summed E-state index contributed by atoms with van der Waals surface area (Å²) in [4.78, 5) is 9.01. The van der Waals surface area contributed by atoms with E-state index in [0.717, 1.165) is 28.9 Å². The maximum atomic E-state index is 14.9. The fourth-order valence-corrected chi connectivity index (χ4v) is 4.01. The van der Waals surface area contributed by atoms with E-state index < -0.39 is 5.82 Å². The van der Waals surface area contributed by atoms with Gasteiger partial charge in [-0.1, -0.05) is 11.2 Å². The van der Waals surface area contributed by atoms with Gasteiger partial charge in [-0.15, -0.1) is 0 Å². The minimum absolute atomic E-state index is 0.363. The van der Waals surface area contributed by atoms with E-state index in [1.807, 2.05) is 29.5 Å². The van der Waals surface area contributed by atoms with Crippen LogP contribution >= 0.6 is 0 Å². The van der Waals surface area contributed by atoms with Crippen molar-refractivity contribution in [3.63, 3.8) is 0 Å². The number of hydrogen-bond donors (Lipinski definition) is 2. The van der Waals surface area contributed by atoms with Crippen molar-refractivity contribution < 1.29 is 14.3 Å². The normalized spacial score (nSPS) is 14.2. The second kappa shape index (κ2) is 7.39. The van der Waals surface area contributed by atoms with Crippen molar-refractivity contribution in [3.05, 3.63) is 71.4 Å². The molecule has 0 unspecified atom stereocenters. The number of rotatable bonds is 4. The molecule has 0 radical (unpaired) electrons. The Bertz CT molecular complexity index is 1350. The molecule has 31 heavy (non-hydrogen) atoms. The molecule has 156 valence electrons. The standard InChI is InChI=1S/C23H20FN5O2/c1-13-22-27-21(18-7-5-16(31-2)12-19(18)24)23(29(22)10-9-25-13)26-15-4-6-17-14(11-15)3-8-20(17)28-30/h4-7,9-12,26,30H,3,8H2,1-2H3/b28-20-. The number of hydrogen-bond acceptors (Lipinski definition) is 6. The highest BCUT2D eigenvalue weighted by atomic mass is 19.1. The lowest BCUT2D eigenvalue weighted by atomic mass is 10.1. The first-order chi connectivity index (χ1) is 15.1. The van der Waals surface area contributed by atoms with Gasteiger partial charge < -0.3 is 15.3 Å². The molecule has 2 aromatic heterocycles. The molecule has 0 amide bonds. The molecule has 0 aliphatic heterocycles. The van der Waals surface area contributed by atoms with Gasteiger partial charge in [0.25, 0.3) is 0 Å². The maximum absolute atomic E-state index is 14.9. The van der Waals surface area contributed by atoms with E-state index in [1.165, 1.54) is 13.2 Å². The van der Waals surface area contributed by atoms with E-state index >= 15 is 0 Å². The third kappa shape index (κ3) is 3.16. The Hall–Kier alpha value is -3.94. The first-order valence-corrected chi connectivity index (χ1v) is 9.88. The van der Waals surface area contributed by atoms with Crippen LogP contribution in [0.5, 0.6) is 5.75 Å². The van der Waals surface area contributed by atoms with Gasteiger partial charge in [0.15, 0.2) is 5.65 Å². The van der Waals surface area contributed by atoms with Crippen molar-refractivity contribution in [3.8, 4) is 17.0 Å². The second-order valence-electron chi connectivity index (χ2n) is 7.40. The van der Waals surface area contributed by atoms with Crippen LogP contribution in [0.1, 0.15) is 23.2 Å². The van der Waals surface area contributed by atoms with Crippen LogP contribution in [0.4, 0.5) is 15.9 Å². The predicted molar refractivity (Wildman–Crippen MR) is 116 cm³/mol. The fraction of sp³-hybridized carbons (Fsp3) is 0.174. The van der Waals surface area contributed by atoms with Gasteiger partial charge in [0.2, 0.25) is 0 Å². The lowest BCUT2D eigenvalue weighted by molar-refractivity contribution is 0.318. The number of fused-ring (bicyclic) bond motifs is 2. The molecule has 2 heterocycles. The van der Waals surface area contributed by atoms with Crippen molar-refractivity contribution in [1.82, 2.24) is 14.4 Å². The highest BCUT2D eigenvalue weighted by Gasteiger charge is 2.21. The molecule has 0 atom stereocenters. The molecule has 2 aromatic carbocycles. The summed E-state index contributed by atoms with van der Waals surface area (Å²) in [5.74, 6) is 0.657. The number of aryl methyl sites for hydroxylation is 2. The number of methoxy groups -OCH3 is 1. The van der Waals surface area contributed by atoms with Gasteiger partial charge in [-0.2, -0.15) is 0 Å². The number of benzene rings is 2. The highest BCUT2D eigenvalue weighted by Crippen LogP contribution is 2.35. The SMILES string of the molecule is COc1ccc(-c2nc3c(C)nccn3c2Nc2ccc3c(c2)CC/C3=N/O)c(F)c1. The lowest BCUT2D eigenvalue weighted by Crippen LogP contribution is -2.00. The summed E-state index contributed by atoms with van der Waals surface area (Å²) in [5, 5.41) is 16.0. The molecule has 0 fully saturated rings. The molecule has 5 rings (SSSR count). The van der Waals surface area contributed by atoms with Gasteiger partial charge >= 0.3 is 0 Å². The van der Waals surface area contributed by atoms with Gasteiger partial charge in [0, 0.05) is 35.3 Å². The average molecular weight is 417 g/mol. The minimum atomic E-state index is -0.422. The molecular weight excluding hydrogens is 397 g/mol. The first-order valence-electron chi connectivity index (χ1n) is 9.88. The molecular formula is C23H20FN5O2. The van der Waals surface area contributed by atoms with E-state index in [-0.39, 0.29) is 0 Å². The summed E-state index contributed by atoms with van der Waals surface area (Å²) in [6.45, 7) is 1.87. The average Bonchev–Trinajstić information content (AvgIpc) is 3.35. The largest absolute Gasteiger partial charge is 0.497 e. The summed E-state index contributed by atoms with van der Waals surface area (Å²) in [6.07, 6.45) is 5.00. The third-order valence-corrected chi connectivity index (χ3v) is 5.58. The topological polar surface area (TPSA) is 84.0 Å². The Morgan fingerprint density at radius 1 is 1.16 bits per heavy atom. The lowest BCUT2D eigenvalue weighted by Gasteiger charge is -2.11. The molecule has 0 saturated heterocycles. The van der Waals surface area contributed by atoms with E-state index in [9.17, 15) is 9.60 Å². The first kappa shape index (κ1) is 19.0. The summed E-state index contributed by atoms with van der Waals surface area (Å²) in [5.41, 5.74) is 5.81. The number of anilines is 2.